The molecule has 0 atom stereocenters. The normalized spacial score (nSPS) is 14.9. The molecule has 0 saturated heterocycles. The van der Waals surface area contributed by atoms with Crippen LogP contribution in [0.15, 0.2) is 43.0 Å². The van der Waals surface area contributed by atoms with Crippen LogP contribution in [0, 0.1) is 0 Å². The minimum Gasteiger partial charge on any atom is -0.493 e. The van der Waals surface area contributed by atoms with Gasteiger partial charge in [-0.3, -0.25) is 0 Å². The summed E-state index contributed by atoms with van der Waals surface area (Å²) in [5.41, 5.74) is 3.02. The number of hydrogen-bond donors (Lipinski definition) is 0. The third kappa shape index (κ3) is 2.37. The topological polar surface area (TPSA) is 32.6 Å². The molecule has 26 heavy (non-hydrogen) atoms. The lowest BCUT2D eigenvalue weighted by Crippen LogP contribution is -2.27. The fourth-order valence-corrected chi connectivity index (χ4v) is 3.70. The maximum Gasteiger partial charge on any atom is 0.162 e. The number of hydrogen-bond acceptors (Lipinski definition) is 3. The highest BCUT2D eigenvalue weighted by Gasteiger charge is 2.25. The van der Waals surface area contributed by atoms with Gasteiger partial charge in [-0.15, -0.1) is 6.58 Å². The summed E-state index contributed by atoms with van der Waals surface area (Å²) in [5, 5.41) is 2.29. The predicted molar refractivity (Wildman–Crippen MR) is 106 cm³/mol. The zero-order chi connectivity index (χ0) is 18.5. The number of rotatable bonds is 4. The molecule has 2 aromatic carbocycles. The first-order valence-electron chi connectivity index (χ1n) is 8.69. The molecular formula is C22H23NO3. The van der Waals surface area contributed by atoms with Crippen LogP contribution in [0.5, 0.6) is 17.2 Å². The molecule has 3 aromatic rings. The first-order valence-corrected chi connectivity index (χ1v) is 8.69. The van der Waals surface area contributed by atoms with Crippen LogP contribution in [0.4, 0.5) is 0 Å². The highest BCUT2D eigenvalue weighted by molar-refractivity contribution is 6.12. The average Bonchev–Trinajstić information content (AvgIpc) is 2.93. The van der Waals surface area contributed by atoms with E-state index in [1.165, 1.54) is 0 Å². The van der Waals surface area contributed by atoms with E-state index in [4.69, 9.17) is 14.2 Å². The molecule has 0 saturated carbocycles. The van der Waals surface area contributed by atoms with Crippen molar-refractivity contribution in [3.8, 4) is 17.2 Å². The van der Waals surface area contributed by atoms with Gasteiger partial charge in [-0.05, 0) is 44.2 Å². The summed E-state index contributed by atoms with van der Waals surface area (Å²) in [4.78, 5) is 0. The Balaban J connectivity index is 2.13. The van der Waals surface area contributed by atoms with Crippen molar-refractivity contribution in [2.45, 2.75) is 26.0 Å². The van der Waals surface area contributed by atoms with Crippen LogP contribution in [0.2, 0.25) is 0 Å². The van der Waals surface area contributed by atoms with Crippen molar-refractivity contribution in [1.29, 1.82) is 0 Å². The molecule has 0 spiro atoms. The third-order valence-electron chi connectivity index (χ3n) is 4.87. The fraction of sp³-hybridized carbons (Fsp3) is 0.273. The van der Waals surface area contributed by atoms with Crippen LogP contribution >= 0.6 is 0 Å². The molecule has 1 aromatic heterocycles. The van der Waals surface area contributed by atoms with E-state index in [1.807, 2.05) is 18.2 Å². The Kier molecular flexibility index (Phi) is 3.72. The van der Waals surface area contributed by atoms with Gasteiger partial charge in [0.25, 0.3) is 0 Å². The minimum atomic E-state index is -0.303. The molecule has 134 valence electrons. The van der Waals surface area contributed by atoms with Crippen LogP contribution in [0.25, 0.3) is 27.9 Å². The molecule has 4 rings (SSSR count). The average molecular weight is 349 g/mol. The van der Waals surface area contributed by atoms with E-state index in [0.29, 0.717) is 6.54 Å². The number of benzene rings is 2. The number of allylic oxidation sites excluding steroid dienone is 1. The zero-order valence-corrected chi connectivity index (χ0v) is 15.6. The monoisotopic (exact) mass is 349 g/mol. The number of aromatic nitrogens is 1. The van der Waals surface area contributed by atoms with Gasteiger partial charge < -0.3 is 18.8 Å². The lowest BCUT2D eigenvalue weighted by molar-refractivity contribution is 0.159. The Morgan fingerprint density at radius 2 is 1.85 bits per heavy atom. The van der Waals surface area contributed by atoms with E-state index < -0.39 is 0 Å². The molecular weight excluding hydrogens is 326 g/mol. The van der Waals surface area contributed by atoms with Gasteiger partial charge in [0.15, 0.2) is 11.5 Å². The predicted octanol–water partition coefficient (Wildman–Crippen LogP) is 5.18. The Labute approximate surface area is 153 Å². The van der Waals surface area contributed by atoms with E-state index in [1.54, 1.807) is 14.2 Å². The molecule has 0 unspecified atom stereocenters. The van der Waals surface area contributed by atoms with E-state index in [-0.39, 0.29) is 5.60 Å². The minimum absolute atomic E-state index is 0.303. The molecule has 0 bridgehead atoms. The van der Waals surface area contributed by atoms with Gasteiger partial charge in [0.2, 0.25) is 0 Å². The summed E-state index contributed by atoms with van der Waals surface area (Å²) in [6.07, 6.45) is 6.17. The van der Waals surface area contributed by atoms with Gasteiger partial charge in [-0.2, -0.15) is 0 Å². The molecule has 0 amide bonds. The number of nitrogens with zero attached hydrogens (tertiary/aromatic N) is 1. The van der Waals surface area contributed by atoms with Gasteiger partial charge in [0.1, 0.15) is 11.4 Å². The van der Waals surface area contributed by atoms with Crippen LogP contribution in [0.1, 0.15) is 19.4 Å². The number of fused-ring (bicyclic) bond motifs is 5. The second kappa shape index (κ2) is 5.84. The molecule has 1 aliphatic heterocycles. The quantitative estimate of drug-likeness (QED) is 0.608. The van der Waals surface area contributed by atoms with E-state index in [9.17, 15) is 0 Å². The molecule has 4 heteroatoms. The molecule has 1 aliphatic rings. The lowest BCUT2D eigenvalue weighted by Gasteiger charge is -2.28. The largest absolute Gasteiger partial charge is 0.493 e. The van der Waals surface area contributed by atoms with Crippen molar-refractivity contribution >= 4 is 27.9 Å². The first kappa shape index (κ1) is 16.6. The number of ether oxygens (including phenoxy) is 3. The number of methoxy groups -OCH3 is 2. The van der Waals surface area contributed by atoms with Crippen LogP contribution in [0.3, 0.4) is 0 Å². The van der Waals surface area contributed by atoms with E-state index >= 15 is 0 Å². The molecule has 0 N–H and O–H groups in total. The van der Waals surface area contributed by atoms with Crippen molar-refractivity contribution < 1.29 is 14.2 Å². The summed E-state index contributed by atoms with van der Waals surface area (Å²) in [6.45, 7) is 8.75. The van der Waals surface area contributed by atoms with Crippen LogP contribution < -0.4 is 14.2 Å². The van der Waals surface area contributed by atoms with Crippen LogP contribution in [-0.2, 0) is 6.54 Å². The molecule has 0 fully saturated rings. The van der Waals surface area contributed by atoms with Crippen molar-refractivity contribution in [1.82, 2.24) is 4.57 Å². The second-order valence-corrected chi connectivity index (χ2v) is 7.04. The summed E-state index contributed by atoms with van der Waals surface area (Å²) in [6, 6.07) is 8.25. The Morgan fingerprint density at radius 3 is 2.54 bits per heavy atom. The van der Waals surface area contributed by atoms with Gasteiger partial charge in [-0.1, -0.05) is 6.08 Å². The molecule has 4 nitrogen and oxygen atoms in total. The van der Waals surface area contributed by atoms with E-state index in [2.05, 4.69) is 49.3 Å². The standard InChI is InChI=1S/C22H23NO3/c1-6-11-23-17-13-20(25-5)19(24-4)12-16(17)14-7-8-18-15(21(14)23)9-10-22(2,3)26-18/h6-10,12-13H,1,11H2,2-5H3. The summed E-state index contributed by atoms with van der Waals surface area (Å²) in [5.74, 6) is 2.34. The Hall–Kier alpha value is -2.88. The highest BCUT2D eigenvalue weighted by Crippen LogP contribution is 2.43. The smallest absolute Gasteiger partial charge is 0.162 e. The second-order valence-electron chi connectivity index (χ2n) is 7.04. The fourth-order valence-electron chi connectivity index (χ4n) is 3.70. The first-order chi connectivity index (χ1) is 12.5. The molecule has 0 radical (unpaired) electrons. The van der Waals surface area contributed by atoms with Gasteiger partial charge in [0, 0.05) is 28.9 Å². The van der Waals surface area contributed by atoms with Crippen molar-refractivity contribution in [2.75, 3.05) is 14.2 Å². The van der Waals surface area contributed by atoms with Crippen LogP contribution in [-0.4, -0.2) is 24.4 Å². The highest BCUT2D eigenvalue weighted by atomic mass is 16.5. The van der Waals surface area contributed by atoms with Gasteiger partial charge in [0.05, 0.1) is 25.3 Å². The van der Waals surface area contributed by atoms with Crippen molar-refractivity contribution in [3.05, 3.63) is 48.6 Å². The molecule has 0 aliphatic carbocycles. The zero-order valence-electron chi connectivity index (χ0n) is 15.6. The Bertz CT molecular complexity index is 1060. The summed E-state index contributed by atoms with van der Waals surface area (Å²) >= 11 is 0. The van der Waals surface area contributed by atoms with Crippen molar-refractivity contribution in [2.24, 2.45) is 0 Å². The van der Waals surface area contributed by atoms with Gasteiger partial charge >= 0.3 is 0 Å². The van der Waals surface area contributed by atoms with E-state index in [0.717, 1.165) is 44.6 Å². The third-order valence-corrected chi connectivity index (χ3v) is 4.87. The maximum atomic E-state index is 6.17. The van der Waals surface area contributed by atoms with Crippen molar-refractivity contribution in [3.63, 3.8) is 0 Å². The Morgan fingerprint density at radius 1 is 1.12 bits per heavy atom. The molecule has 2 heterocycles. The SMILES string of the molecule is C=CCn1c2cc(OC)c(OC)cc2c2ccc3c(c21)C=CC(C)(C)O3. The summed E-state index contributed by atoms with van der Waals surface area (Å²) < 4.78 is 19.4. The summed E-state index contributed by atoms with van der Waals surface area (Å²) in [7, 11) is 3.32. The van der Waals surface area contributed by atoms with Gasteiger partial charge in [-0.25, -0.2) is 0 Å². The lowest BCUT2D eigenvalue weighted by atomic mass is 10.00. The maximum absolute atomic E-state index is 6.17.